The number of amides is 1. The molecule has 0 unspecified atom stereocenters. The molecule has 0 bridgehead atoms. The topological polar surface area (TPSA) is 68.3 Å². The highest BCUT2D eigenvalue weighted by Gasteiger charge is 2.14. The highest BCUT2D eigenvalue weighted by Crippen LogP contribution is 2.05. The number of hydrogen-bond acceptors (Lipinski definition) is 4. The second-order valence-corrected chi connectivity index (χ2v) is 6.27. The number of halogens is 1. The number of aromatic nitrogens is 1. The summed E-state index contributed by atoms with van der Waals surface area (Å²) in [5.74, 6) is 0.0453. The van der Waals surface area contributed by atoms with E-state index in [4.69, 9.17) is 5.73 Å². The van der Waals surface area contributed by atoms with Gasteiger partial charge in [-0.3, -0.25) is 9.59 Å². The van der Waals surface area contributed by atoms with Crippen molar-refractivity contribution in [3.05, 3.63) is 56.6 Å². The van der Waals surface area contributed by atoms with Crippen molar-refractivity contribution < 1.29 is 4.79 Å². The zero-order chi connectivity index (χ0) is 16.7. The molecule has 0 aliphatic rings. The van der Waals surface area contributed by atoms with Crippen LogP contribution < -0.4 is 10.6 Å². The summed E-state index contributed by atoms with van der Waals surface area (Å²) in [5.41, 5.74) is 7.73. The quantitative estimate of drug-likeness (QED) is 0.774. The van der Waals surface area contributed by atoms with Gasteiger partial charge in [-0.2, -0.15) is 0 Å². The Labute approximate surface area is 152 Å². The lowest BCUT2D eigenvalue weighted by molar-refractivity contribution is -0.131. The molecular weight excluding hydrogens is 346 g/mol. The zero-order valence-electron chi connectivity index (χ0n) is 13.8. The second-order valence-electron chi connectivity index (χ2n) is 5.45. The fourth-order valence-electron chi connectivity index (χ4n) is 2.47. The summed E-state index contributed by atoms with van der Waals surface area (Å²) < 4.78 is 1.65. The van der Waals surface area contributed by atoms with Crippen molar-refractivity contribution >= 4 is 29.7 Å². The minimum Gasteiger partial charge on any atom is -0.341 e. The SMILES string of the molecule is Cc1csc(=O)n1CCC(=O)N(CCN)CCc1ccccc1.Cl. The number of rotatable bonds is 8. The van der Waals surface area contributed by atoms with E-state index in [2.05, 4.69) is 12.1 Å². The van der Waals surface area contributed by atoms with Crippen molar-refractivity contribution in [2.24, 2.45) is 5.73 Å². The molecule has 0 aliphatic heterocycles. The maximum absolute atomic E-state index is 12.4. The first-order valence-electron chi connectivity index (χ1n) is 7.78. The molecule has 1 amide bonds. The third-order valence-electron chi connectivity index (χ3n) is 3.79. The molecule has 2 rings (SSSR count). The Bertz CT molecular complexity index is 685. The number of aryl methyl sites for hydroxylation is 1. The summed E-state index contributed by atoms with van der Waals surface area (Å²) in [6, 6.07) is 10.1. The first-order chi connectivity index (χ1) is 11.1. The van der Waals surface area contributed by atoms with Gasteiger partial charge in [0.1, 0.15) is 0 Å². The molecule has 1 heterocycles. The highest BCUT2D eigenvalue weighted by atomic mass is 35.5. The fourth-order valence-corrected chi connectivity index (χ4v) is 3.23. The predicted octanol–water partition coefficient (Wildman–Crippen LogP) is 2.06. The minimum atomic E-state index is -0.00930. The summed E-state index contributed by atoms with van der Waals surface area (Å²) >= 11 is 1.17. The summed E-state index contributed by atoms with van der Waals surface area (Å²) in [6.07, 6.45) is 1.14. The van der Waals surface area contributed by atoms with Gasteiger partial charge in [0, 0.05) is 43.7 Å². The van der Waals surface area contributed by atoms with E-state index in [9.17, 15) is 9.59 Å². The molecule has 1 aromatic heterocycles. The van der Waals surface area contributed by atoms with E-state index in [-0.39, 0.29) is 23.2 Å². The third-order valence-corrected chi connectivity index (χ3v) is 4.67. The third kappa shape index (κ3) is 5.78. The van der Waals surface area contributed by atoms with Crippen LogP contribution in [0.5, 0.6) is 0 Å². The first-order valence-corrected chi connectivity index (χ1v) is 8.66. The van der Waals surface area contributed by atoms with Gasteiger partial charge < -0.3 is 15.2 Å². The van der Waals surface area contributed by atoms with Gasteiger partial charge in [0.2, 0.25) is 5.91 Å². The molecule has 132 valence electrons. The highest BCUT2D eigenvalue weighted by molar-refractivity contribution is 7.07. The molecule has 1 aromatic carbocycles. The summed E-state index contributed by atoms with van der Waals surface area (Å²) in [7, 11) is 0. The van der Waals surface area contributed by atoms with Crippen LogP contribution >= 0.6 is 23.7 Å². The van der Waals surface area contributed by atoms with Crippen molar-refractivity contribution in [3.63, 3.8) is 0 Å². The van der Waals surface area contributed by atoms with Crippen LogP contribution in [0.25, 0.3) is 0 Å². The Kier molecular flexibility index (Phi) is 8.74. The molecule has 0 saturated carbocycles. The van der Waals surface area contributed by atoms with E-state index in [0.717, 1.165) is 12.1 Å². The van der Waals surface area contributed by atoms with Crippen LogP contribution in [0.4, 0.5) is 0 Å². The van der Waals surface area contributed by atoms with Gasteiger partial charge in [0.05, 0.1) is 0 Å². The van der Waals surface area contributed by atoms with Gasteiger partial charge >= 0.3 is 4.87 Å². The van der Waals surface area contributed by atoms with Crippen LogP contribution in [-0.4, -0.2) is 35.0 Å². The molecule has 0 saturated heterocycles. The van der Waals surface area contributed by atoms with Crippen LogP contribution in [0.2, 0.25) is 0 Å². The predicted molar refractivity (Wildman–Crippen MR) is 101 cm³/mol. The molecule has 0 spiro atoms. The Morgan fingerprint density at radius 3 is 2.54 bits per heavy atom. The average Bonchev–Trinajstić information content (AvgIpc) is 2.88. The number of nitrogens with two attached hydrogens (primary N) is 1. The van der Waals surface area contributed by atoms with Crippen molar-refractivity contribution in [1.29, 1.82) is 0 Å². The standard InChI is InChI=1S/C17H23N3O2S.ClH/c1-14-13-23-17(22)20(14)11-8-16(21)19(12-9-18)10-7-15-5-3-2-4-6-15;/h2-6,13H,7-12,18H2,1H3;1H. The van der Waals surface area contributed by atoms with Gasteiger partial charge in [0.15, 0.2) is 0 Å². The normalized spacial score (nSPS) is 10.2. The van der Waals surface area contributed by atoms with Gasteiger partial charge in [-0.25, -0.2) is 0 Å². The molecular formula is C17H24ClN3O2S. The Hall–Kier alpha value is -1.63. The molecule has 5 nitrogen and oxygen atoms in total. The van der Waals surface area contributed by atoms with Gasteiger partial charge in [-0.15, -0.1) is 12.4 Å². The summed E-state index contributed by atoms with van der Waals surface area (Å²) in [6.45, 7) is 3.95. The molecule has 0 atom stereocenters. The number of hydrogen-bond donors (Lipinski definition) is 1. The fraction of sp³-hybridized carbons (Fsp3) is 0.412. The number of nitrogens with zero attached hydrogens (tertiary/aromatic N) is 2. The molecule has 0 radical (unpaired) electrons. The Morgan fingerprint density at radius 1 is 1.25 bits per heavy atom. The molecule has 7 heteroatoms. The number of benzene rings is 1. The van der Waals surface area contributed by atoms with Crippen molar-refractivity contribution in [1.82, 2.24) is 9.47 Å². The smallest absolute Gasteiger partial charge is 0.307 e. The molecule has 2 aromatic rings. The van der Waals surface area contributed by atoms with Crippen molar-refractivity contribution in [2.75, 3.05) is 19.6 Å². The summed E-state index contributed by atoms with van der Waals surface area (Å²) in [4.78, 5) is 25.9. The number of thiazole rings is 1. The van der Waals surface area contributed by atoms with Crippen LogP contribution in [0.1, 0.15) is 17.7 Å². The lowest BCUT2D eigenvalue weighted by atomic mass is 10.1. The van der Waals surface area contributed by atoms with Crippen LogP contribution in [0.3, 0.4) is 0 Å². The second kappa shape index (κ2) is 10.3. The van der Waals surface area contributed by atoms with Crippen LogP contribution in [0, 0.1) is 6.92 Å². The maximum atomic E-state index is 12.4. The monoisotopic (exact) mass is 369 g/mol. The van der Waals surface area contributed by atoms with Crippen LogP contribution in [-0.2, 0) is 17.8 Å². The van der Waals surface area contributed by atoms with Crippen molar-refractivity contribution in [3.8, 4) is 0 Å². The maximum Gasteiger partial charge on any atom is 0.307 e. The molecule has 0 fully saturated rings. The largest absolute Gasteiger partial charge is 0.341 e. The lowest BCUT2D eigenvalue weighted by Gasteiger charge is -2.22. The average molecular weight is 370 g/mol. The van der Waals surface area contributed by atoms with E-state index in [1.54, 1.807) is 9.47 Å². The lowest BCUT2D eigenvalue weighted by Crippen LogP contribution is -2.37. The van der Waals surface area contributed by atoms with E-state index in [1.165, 1.54) is 16.9 Å². The van der Waals surface area contributed by atoms with Gasteiger partial charge in [-0.05, 0) is 18.9 Å². The minimum absolute atomic E-state index is 0. The molecule has 2 N–H and O–H groups in total. The Balaban J connectivity index is 0.00000288. The van der Waals surface area contributed by atoms with E-state index in [1.807, 2.05) is 30.5 Å². The molecule has 24 heavy (non-hydrogen) atoms. The van der Waals surface area contributed by atoms with E-state index < -0.39 is 0 Å². The van der Waals surface area contributed by atoms with E-state index >= 15 is 0 Å². The Morgan fingerprint density at radius 2 is 1.96 bits per heavy atom. The van der Waals surface area contributed by atoms with Gasteiger partial charge in [-0.1, -0.05) is 41.7 Å². The molecule has 0 aliphatic carbocycles. The number of carbonyl (C=O) groups is 1. The summed E-state index contributed by atoms with van der Waals surface area (Å²) in [5, 5.41) is 1.82. The zero-order valence-corrected chi connectivity index (χ0v) is 15.4. The van der Waals surface area contributed by atoms with Crippen LogP contribution in [0.15, 0.2) is 40.5 Å². The van der Waals surface area contributed by atoms with E-state index in [0.29, 0.717) is 32.6 Å². The van der Waals surface area contributed by atoms with Gasteiger partial charge in [0.25, 0.3) is 0 Å². The van der Waals surface area contributed by atoms with Crippen molar-refractivity contribution in [2.45, 2.75) is 26.3 Å². The number of carbonyl (C=O) groups excluding carboxylic acids is 1. The first kappa shape index (κ1) is 20.4.